The Labute approximate surface area is 214 Å². The van der Waals surface area contributed by atoms with Gasteiger partial charge in [0.25, 0.3) is 0 Å². The van der Waals surface area contributed by atoms with Crippen molar-refractivity contribution in [2.45, 2.75) is 32.5 Å². The molecular formula is C28H27ClN4OS. The van der Waals surface area contributed by atoms with Crippen molar-refractivity contribution < 1.29 is 4.79 Å². The van der Waals surface area contributed by atoms with Crippen LogP contribution in [0.3, 0.4) is 0 Å². The minimum absolute atomic E-state index is 0.113. The van der Waals surface area contributed by atoms with Gasteiger partial charge in [0.1, 0.15) is 5.00 Å². The second-order valence-electron chi connectivity index (χ2n) is 9.41. The number of nitrogens with zero attached hydrogens (tertiary/aromatic N) is 3. The van der Waals surface area contributed by atoms with Crippen LogP contribution < -0.4 is 5.32 Å². The van der Waals surface area contributed by atoms with Gasteiger partial charge in [0.05, 0.1) is 18.3 Å². The summed E-state index contributed by atoms with van der Waals surface area (Å²) in [5.41, 5.74) is 6.60. The lowest BCUT2D eigenvalue weighted by atomic mass is 10.0. The molecule has 2 aromatic heterocycles. The largest absolute Gasteiger partial charge is 0.322 e. The van der Waals surface area contributed by atoms with Gasteiger partial charge in [-0.1, -0.05) is 41.9 Å². The molecule has 1 N–H and O–H groups in total. The molecule has 2 aromatic carbocycles. The van der Waals surface area contributed by atoms with E-state index in [2.05, 4.69) is 46.2 Å². The van der Waals surface area contributed by atoms with Gasteiger partial charge >= 0.3 is 6.03 Å². The molecule has 0 saturated heterocycles. The average Bonchev–Trinajstić information content (AvgIpc) is 3.42. The molecule has 0 fully saturated rings. The summed E-state index contributed by atoms with van der Waals surface area (Å²) in [6.45, 7) is 4.54. The van der Waals surface area contributed by atoms with Gasteiger partial charge in [-0.15, -0.1) is 11.3 Å². The molecule has 2 aliphatic rings. The monoisotopic (exact) mass is 502 g/mol. The summed E-state index contributed by atoms with van der Waals surface area (Å²) in [6.07, 6.45) is 3.13. The standard InChI is InChI=1S/C28H27ClN4OS/c1-18-7-3-4-10-23(18)30-28(34)33-16-22-21-12-14-31(2)17-25(21)35-27(22)32-13-6-11-24(32)26(33)19-8-5-9-20(29)15-19/h3-11,13,15,26H,12,14,16-17H2,1-2H3,(H,30,34)/t26-/m0/s1. The van der Waals surface area contributed by atoms with Crippen LogP contribution in [0.2, 0.25) is 5.02 Å². The molecule has 4 aromatic rings. The van der Waals surface area contributed by atoms with E-state index in [0.29, 0.717) is 11.6 Å². The zero-order chi connectivity index (χ0) is 24.1. The van der Waals surface area contributed by atoms with Crippen molar-refractivity contribution in [2.24, 2.45) is 0 Å². The lowest BCUT2D eigenvalue weighted by Gasteiger charge is -2.32. The highest BCUT2D eigenvalue weighted by molar-refractivity contribution is 7.15. The van der Waals surface area contributed by atoms with Crippen LogP contribution in [-0.4, -0.2) is 34.0 Å². The molecule has 5 nitrogen and oxygen atoms in total. The van der Waals surface area contributed by atoms with Crippen LogP contribution in [0.1, 0.15) is 38.9 Å². The summed E-state index contributed by atoms with van der Waals surface area (Å²) in [4.78, 5) is 19.7. The van der Waals surface area contributed by atoms with E-state index in [9.17, 15) is 4.79 Å². The molecule has 0 saturated carbocycles. The summed E-state index contributed by atoms with van der Waals surface area (Å²) in [5, 5.41) is 5.09. The molecule has 0 bridgehead atoms. The number of amides is 2. The number of halogens is 1. The van der Waals surface area contributed by atoms with Crippen LogP contribution in [0.4, 0.5) is 10.5 Å². The molecule has 35 heavy (non-hydrogen) atoms. The maximum Gasteiger partial charge on any atom is 0.322 e. The van der Waals surface area contributed by atoms with E-state index in [1.165, 1.54) is 21.0 Å². The number of thiophene rings is 1. The van der Waals surface area contributed by atoms with E-state index in [4.69, 9.17) is 11.6 Å². The number of nitrogens with one attached hydrogen (secondary N) is 1. The van der Waals surface area contributed by atoms with Crippen molar-refractivity contribution in [3.8, 4) is 5.00 Å². The van der Waals surface area contributed by atoms with Crippen LogP contribution in [0.5, 0.6) is 0 Å². The summed E-state index contributed by atoms with van der Waals surface area (Å²) in [5.74, 6) is 0. The van der Waals surface area contributed by atoms with E-state index >= 15 is 0 Å². The Hall–Kier alpha value is -3.06. The zero-order valence-corrected chi connectivity index (χ0v) is 21.4. The first-order valence-electron chi connectivity index (χ1n) is 11.9. The van der Waals surface area contributed by atoms with Gasteiger partial charge in [-0.05, 0) is 67.4 Å². The zero-order valence-electron chi connectivity index (χ0n) is 19.8. The minimum Gasteiger partial charge on any atom is -0.310 e. The van der Waals surface area contributed by atoms with Crippen LogP contribution in [-0.2, 0) is 19.5 Å². The molecule has 1 atom stereocenters. The van der Waals surface area contributed by atoms with Crippen molar-refractivity contribution in [3.63, 3.8) is 0 Å². The van der Waals surface area contributed by atoms with E-state index in [1.807, 2.05) is 65.6 Å². The Bertz CT molecular complexity index is 1420. The minimum atomic E-state index is -0.269. The Balaban J connectivity index is 1.51. The van der Waals surface area contributed by atoms with Gasteiger partial charge in [-0.3, -0.25) is 0 Å². The number of aromatic nitrogens is 1. The van der Waals surface area contributed by atoms with Crippen molar-refractivity contribution in [1.29, 1.82) is 0 Å². The van der Waals surface area contributed by atoms with Gasteiger partial charge in [0.15, 0.2) is 0 Å². The maximum atomic E-state index is 14.0. The summed E-state index contributed by atoms with van der Waals surface area (Å²) >= 11 is 8.29. The molecule has 178 valence electrons. The van der Waals surface area contributed by atoms with Crippen molar-refractivity contribution in [2.75, 3.05) is 18.9 Å². The Kier molecular flexibility index (Phi) is 5.67. The molecule has 0 spiro atoms. The van der Waals surface area contributed by atoms with Crippen LogP contribution in [0.25, 0.3) is 5.00 Å². The molecule has 0 unspecified atom stereocenters. The SMILES string of the molecule is Cc1ccccc1NC(=O)N1Cc2c(sc3c2CCN(C)C3)-n2cccc2[C@@H]1c1cccc(Cl)c1. The molecule has 6 rings (SSSR count). The predicted molar refractivity (Wildman–Crippen MR) is 143 cm³/mol. The normalized spacial score (nSPS) is 17.3. The van der Waals surface area contributed by atoms with Gasteiger partial charge in [0, 0.05) is 40.4 Å². The van der Waals surface area contributed by atoms with E-state index in [1.54, 1.807) is 0 Å². The average molecular weight is 503 g/mol. The van der Waals surface area contributed by atoms with Gasteiger partial charge < -0.3 is 19.7 Å². The van der Waals surface area contributed by atoms with Gasteiger partial charge in [-0.2, -0.15) is 0 Å². The molecular weight excluding hydrogens is 476 g/mol. The number of para-hydroxylation sites is 1. The molecule has 0 radical (unpaired) electrons. The number of carbonyl (C=O) groups is 1. The quantitative estimate of drug-likeness (QED) is 0.334. The van der Waals surface area contributed by atoms with Crippen molar-refractivity contribution in [1.82, 2.24) is 14.4 Å². The van der Waals surface area contributed by atoms with Crippen LogP contribution in [0.15, 0.2) is 66.9 Å². The summed E-state index contributed by atoms with van der Waals surface area (Å²) in [6, 6.07) is 19.6. The predicted octanol–water partition coefficient (Wildman–Crippen LogP) is 6.63. The lowest BCUT2D eigenvalue weighted by Crippen LogP contribution is -2.38. The Morgan fingerprint density at radius 3 is 2.74 bits per heavy atom. The molecule has 2 amide bonds. The highest BCUT2D eigenvalue weighted by atomic mass is 35.5. The molecule has 7 heteroatoms. The maximum absolute atomic E-state index is 14.0. The fourth-order valence-electron chi connectivity index (χ4n) is 5.28. The number of anilines is 1. The third-order valence-electron chi connectivity index (χ3n) is 7.07. The summed E-state index contributed by atoms with van der Waals surface area (Å²) in [7, 11) is 2.17. The first kappa shape index (κ1) is 22.4. The Morgan fingerprint density at radius 1 is 1.06 bits per heavy atom. The van der Waals surface area contributed by atoms with E-state index < -0.39 is 0 Å². The van der Waals surface area contributed by atoms with Gasteiger partial charge in [-0.25, -0.2) is 4.79 Å². The fourth-order valence-corrected chi connectivity index (χ4v) is 6.92. The highest BCUT2D eigenvalue weighted by Gasteiger charge is 2.36. The summed E-state index contributed by atoms with van der Waals surface area (Å²) < 4.78 is 2.28. The number of carbonyl (C=O) groups excluding carboxylic acids is 1. The van der Waals surface area contributed by atoms with Crippen LogP contribution in [0, 0.1) is 6.92 Å². The van der Waals surface area contributed by atoms with E-state index in [-0.39, 0.29) is 12.1 Å². The number of urea groups is 1. The van der Waals surface area contributed by atoms with Crippen molar-refractivity contribution in [3.05, 3.63) is 105 Å². The lowest BCUT2D eigenvalue weighted by molar-refractivity contribution is 0.194. The first-order chi connectivity index (χ1) is 17.0. The second kappa shape index (κ2) is 8.86. The van der Waals surface area contributed by atoms with Crippen molar-refractivity contribution >= 4 is 34.7 Å². The van der Waals surface area contributed by atoms with E-state index in [0.717, 1.165) is 42.0 Å². The third-order valence-corrected chi connectivity index (χ3v) is 8.56. The molecule has 2 aliphatic heterocycles. The number of rotatable bonds is 2. The third kappa shape index (κ3) is 3.96. The molecule has 0 aliphatic carbocycles. The first-order valence-corrected chi connectivity index (χ1v) is 13.1. The van der Waals surface area contributed by atoms with Crippen LogP contribution >= 0.6 is 22.9 Å². The molecule has 4 heterocycles. The number of likely N-dealkylation sites (N-methyl/N-ethyl adjacent to an activating group) is 1. The second-order valence-corrected chi connectivity index (χ2v) is 10.9. The smallest absolute Gasteiger partial charge is 0.310 e. The fraction of sp³-hybridized carbons (Fsp3) is 0.250. The number of benzene rings is 2. The number of hydrogen-bond donors (Lipinski definition) is 1. The highest BCUT2D eigenvalue weighted by Crippen LogP contribution is 2.43. The van der Waals surface area contributed by atoms with Gasteiger partial charge in [0.2, 0.25) is 0 Å². The number of aryl methyl sites for hydroxylation is 1. The number of fused-ring (bicyclic) bond motifs is 5. The Morgan fingerprint density at radius 2 is 1.91 bits per heavy atom. The topological polar surface area (TPSA) is 40.5 Å². The number of hydrogen-bond acceptors (Lipinski definition) is 3.